The van der Waals surface area contributed by atoms with Crippen LogP contribution in [0.2, 0.25) is 5.02 Å². The molecule has 1 aromatic heterocycles. The topological polar surface area (TPSA) is 44.1 Å². The molecule has 4 nitrogen and oxygen atoms in total. The lowest BCUT2D eigenvalue weighted by Crippen LogP contribution is -2.13. The van der Waals surface area contributed by atoms with Crippen molar-refractivity contribution in [2.24, 2.45) is 7.05 Å². The van der Waals surface area contributed by atoms with Gasteiger partial charge in [-0.15, -0.1) is 0 Å². The molecule has 0 N–H and O–H groups in total. The highest BCUT2D eigenvalue weighted by molar-refractivity contribution is 6.31. The predicted molar refractivity (Wildman–Crippen MR) is 89.9 cm³/mol. The molecule has 0 radical (unpaired) electrons. The van der Waals surface area contributed by atoms with Crippen molar-refractivity contribution in [3.8, 4) is 16.9 Å². The number of carbonyl (C=O) groups is 1. The molecular weight excluding hydrogens is 388 g/mol. The van der Waals surface area contributed by atoms with E-state index in [2.05, 4.69) is 5.10 Å². The van der Waals surface area contributed by atoms with E-state index in [1.165, 1.54) is 7.05 Å². The molecule has 0 atom stereocenters. The number of rotatable bonds is 4. The van der Waals surface area contributed by atoms with Crippen LogP contribution in [0.4, 0.5) is 17.6 Å². The minimum atomic E-state index is -3.05. The van der Waals surface area contributed by atoms with Crippen LogP contribution in [0.5, 0.6) is 5.75 Å². The van der Waals surface area contributed by atoms with E-state index in [4.69, 9.17) is 16.3 Å². The number of halogens is 5. The van der Waals surface area contributed by atoms with E-state index in [1.807, 2.05) is 0 Å². The third-order valence-electron chi connectivity index (χ3n) is 3.68. The number of esters is 1. The molecule has 0 unspecified atom stereocenters. The van der Waals surface area contributed by atoms with Gasteiger partial charge in [0.05, 0.1) is 5.02 Å². The second kappa shape index (κ2) is 7.40. The summed E-state index contributed by atoms with van der Waals surface area (Å²) in [6, 6.07) is 9.18. The lowest BCUT2D eigenvalue weighted by molar-refractivity contribution is 0.0715. The summed E-state index contributed by atoms with van der Waals surface area (Å²) in [7, 11) is 1.33. The summed E-state index contributed by atoms with van der Waals surface area (Å²) < 4.78 is 60.4. The van der Waals surface area contributed by atoms with Gasteiger partial charge in [-0.05, 0) is 11.6 Å². The Bertz CT molecular complexity index is 1010. The average Bonchev–Trinajstić information content (AvgIpc) is 3.05. The first-order chi connectivity index (χ1) is 12.8. The van der Waals surface area contributed by atoms with E-state index >= 15 is 0 Å². The largest absolute Gasteiger partial charge is 0.419 e. The van der Waals surface area contributed by atoms with Crippen molar-refractivity contribution in [1.82, 2.24) is 9.78 Å². The Morgan fingerprint density at radius 1 is 1.19 bits per heavy atom. The van der Waals surface area contributed by atoms with Gasteiger partial charge in [0.25, 0.3) is 6.43 Å². The molecule has 9 heteroatoms. The normalized spacial score (nSPS) is 11.1. The van der Waals surface area contributed by atoms with Crippen LogP contribution in [0.15, 0.2) is 42.6 Å². The number of aromatic nitrogens is 2. The fourth-order valence-electron chi connectivity index (χ4n) is 2.48. The molecule has 3 aromatic rings. The quantitative estimate of drug-likeness (QED) is 0.263. The number of aryl methyl sites for hydroxylation is 1. The number of benzene rings is 2. The molecule has 27 heavy (non-hydrogen) atoms. The second-order valence-corrected chi connectivity index (χ2v) is 5.93. The van der Waals surface area contributed by atoms with Gasteiger partial charge in [-0.2, -0.15) is 9.49 Å². The Morgan fingerprint density at radius 3 is 2.48 bits per heavy atom. The summed E-state index contributed by atoms with van der Waals surface area (Å²) in [6.07, 6.45) is -2.04. The van der Waals surface area contributed by atoms with Gasteiger partial charge in [0.2, 0.25) is 5.82 Å². The van der Waals surface area contributed by atoms with Crippen molar-refractivity contribution in [3.63, 3.8) is 0 Å². The lowest BCUT2D eigenvalue weighted by Gasteiger charge is -2.13. The predicted octanol–water partition coefficient (Wildman–Crippen LogP) is 5.18. The SMILES string of the molecule is Cn1cc(C(=O)Oc2c(-c3ccccc3)cc(Cl)c(F)c2F)c(C(F)F)n1. The Kier molecular flexibility index (Phi) is 5.18. The molecule has 1 heterocycles. The summed E-state index contributed by atoms with van der Waals surface area (Å²) >= 11 is 5.70. The van der Waals surface area contributed by atoms with Crippen molar-refractivity contribution >= 4 is 17.6 Å². The van der Waals surface area contributed by atoms with Crippen LogP contribution >= 0.6 is 11.6 Å². The number of alkyl halides is 2. The molecule has 140 valence electrons. The Hall–Kier alpha value is -2.87. The Morgan fingerprint density at radius 2 is 1.85 bits per heavy atom. The van der Waals surface area contributed by atoms with Gasteiger partial charge in [0.1, 0.15) is 11.3 Å². The fraction of sp³-hybridized carbons (Fsp3) is 0.111. The molecule has 3 rings (SSSR count). The first-order valence-electron chi connectivity index (χ1n) is 7.56. The number of carbonyl (C=O) groups excluding carboxylic acids is 1. The number of hydrogen-bond acceptors (Lipinski definition) is 3. The summed E-state index contributed by atoms with van der Waals surface area (Å²) in [5, 5.41) is 2.97. The van der Waals surface area contributed by atoms with Gasteiger partial charge in [-0.1, -0.05) is 41.9 Å². The van der Waals surface area contributed by atoms with Crippen LogP contribution in [-0.2, 0) is 7.05 Å². The monoisotopic (exact) mass is 398 g/mol. The van der Waals surface area contributed by atoms with Crippen molar-refractivity contribution in [2.75, 3.05) is 0 Å². The van der Waals surface area contributed by atoms with E-state index in [0.717, 1.165) is 16.9 Å². The van der Waals surface area contributed by atoms with E-state index in [0.29, 0.717) is 5.56 Å². The molecule has 0 saturated carbocycles. The minimum absolute atomic E-state index is 0.00432. The summed E-state index contributed by atoms with van der Waals surface area (Å²) in [5.74, 6) is -4.97. The van der Waals surface area contributed by atoms with Crippen LogP contribution in [0.3, 0.4) is 0 Å². The highest BCUT2D eigenvalue weighted by Crippen LogP contribution is 2.38. The molecule has 0 bridgehead atoms. The molecule has 0 saturated heterocycles. The maximum atomic E-state index is 14.4. The smallest absolute Gasteiger partial charge is 0.347 e. The zero-order chi connectivity index (χ0) is 19.7. The van der Waals surface area contributed by atoms with Crippen LogP contribution in [0.25, 0.3) is 11.1 Å². The van der Waals surface area contributed by atoms with E-state index in [9.17, 15) is 22.4 Å². The van der Waals surface area contributed by atoms with Crippen molar-refractivity contribution < 1.29 is 27.1 Å². The van der Waals surface area contributed by atoms with Gasteiger partial charge in [-0.3, -0.25) is 4.68 Å². The lowest BCUT2D eigenvalue weighted by atomic mass is 10.0. The van der Waals surface area contributed by atoms with Crippen molar-refractivity contribution in [1.29, 1.82) is 0 Å². The third-order valence-corrected chi connectivity index (χ3v) is 3.96. The van der Waals surface area contributed by atoms with Crippen LogP contribution in [0.1, 0.15) is 22.5 Å². The maximum absolute atomic E-state index is 14.4. The Labute approximate surface area is 155 Å². The standard InChI is InChI=1S/C18H11ClF4N2O2/c1-25-8-11(15(24-25)17(22)23)18(26)27-16-10(9-5-3-2-4-6-9)7-12(19)13(20)14(16)21/h2-8,17H,1H3. The van der Waals surface area contributed by atoms with E-state index in [-0.39, 0.29) is 5.56 Å². The molecule has 0 aliphatic rings. The van der Waals surface area contributed by atoms with Gasteiger partial charge in [0.15, 0.2) is 11.6 Å². The number of hydrogen-bond donors (Lipinski definition) is 0. The zero-order valence-corrected chi connectivity index (χ0v) is 14.5. The summed E-state index contributed by atoms with van der Waals surface area (Å²) in [4.78, 5) is 12.4. The fourth-order valence-corrected chi connectivity index (χ4v) is 2.67. The molecular formula is C18H11ClF4N2O2. The van der Waals surface area contributed by atoms with E-state index < -0.39 is 46.1 Å². The molecule has 0 fully saturated rings. The molecule has 0 aliphatic carbocycles. The molecule has 0 spiro atoms. The van der Waals surface area contributed by atoms with Crippen LogP contribution in [-0.4, -0.2) is 15.7 Å². The highest BCUT2D eigenvalue weighted by Gasteiger charge is 2.27. The zero-order valence-electron chi connectivity index (χ0n) is 13.7. The highest BCUT2D eigenvalue weighted by atomic mass is 35.5. The van der Waals surface area contributed by atoms with Gasteiger partial charge >= 0.3 is 5.97 Å². The van der Waals surface area contributed by atoms with Gasteiger partial charge < -0.3 is 4.74 Å². The minimum Gasteiger partial charge on any atom is -0.419 e. The summed E-state index contributed by atoms with van der Waals surface area (Å²) in [6.45, 7) is 0. The first-order valence-corrected chi connectivity index (χ1v) is 7.94. The van der Waals surface area contributed by atoms with Gasteiger partial charge in [0, 0.05) is 18.8 Å². The average molecular weight is 399 g/mol. The van der Waals surface area contributed by atoms with Gasteiger partial charge in [-0.25, -0.2) is 18.0 Å². The Balaban J connectivity index is 2.09. The molecule has 2 aromatic carbocycles. The summed E-state index contributed by atoms with van der Waals surface area (Å²) in [5.41, 5.74) is -0.989. The second-order valence-electron chi connectivity index (χ2n) is 5.52. The van der Waals surface area contributed by atoms with E-state index in [1.54, 1.807) is 30.3 Å². The molecule has 0 aliphatic heterocycles. The van der Waals surface area contributed by atoms with Crippen LogP contribution < -0.4 is 4.74 Å². The number of nitrogens with zero attached hydrogens (tertiary/aromatic N) is 2. The van der Waals surface area contributed by atoms with Crippen molar-refractivity contribution in [3.05, 3.63) is 70.5 Å². The molecule has 0 amide bonds. The van der Waals surface area contributed by atoms with Crippen molar-refractivity contribution in [2.45, 2.75) is 6.43 Å². The third kappa shape index (κ3) is 3.66. The number of ether oxygens (including phenoxy) is 1. The maximum Gasteiger partial charge on any atom is 0.347 e. The van der Waals surface area contributed by atoms with Crippen LogP contribution in [0, 0.1) is 11.6 Å². The first kappa shape index (κ1) is 18.9.